The maximum atomic E-state index is 12.4. The average Bonchev–Trinajstić information content (AvgIpc) is 2.81. The molecule has 0 spiro atoms. The number of nitrogens with one attached hydrogen (secondary N) is 2. The second kappa shape index (κ2) is 15.0. The van der Waals surface area contributed by atoms with Gasteiger partial charge in [-0.2, -0.15) is 0 Å². The van der Waals surface area contributed by atoms with Crippen LogP contribution in [0, 0.1) is 0 Å². The van der Waals surface area contributed by atoms with E-state index < -0.39 is 53.9 Å². The van der Waals surface area contributed by atoms with E-state index in [0.717, 1.165) is 4.90 Å². The summed E-state index contributed by atoms with van der Waals surface area (Å²) in [5.41, 5.74) is -0.224. The number of carboxylic acid groups (broad SMARTS) is 2. The minimum absolute atomic E-state index is 0. The molecule has 1 fully saturated rings. The molecule has 0 aliphatic carbocycles. The van der Waals surface area contributed by atoms with Crippen molar-refractivity contribution in [3.05, 3.63) is 41.6 Å². The molecule has 3 N–H and O–H groups in total. The zero-order chi connectivity index (χ0) is 24.8. The van der Waals surface area contributed by atoms with Crippen LogP contribution in [-0.4, -0.2) is 69.7 Å². The van der Waals surface area contributed by atoms with Crippen LogP contribution in [0.3, 0.4) is 0 Å². The first kappa shape index (κ1) is 32.4. The standard InChI is InChI=1S/C21H23N3O9S.2Na/c25-9-11-10-34-18-15(17(27)24(18)16(11)20(30)31)23-14(26)8-4-7-13(19(28)29)22-21(32)33-12-5-2-1-3-6-12;;/h1-3,5-6,13,15,18,25H,4,7-10H2,(H,22,32)(H,23,26)(H,28,29)(H,30,31);;/q;2*+1/p-2/t13?,15?,18-;;/m0../s1. The molecule has 3 atom stereocenters. The van der Waals surface area contributed by atoms with E-state index in [9.17, 15) is 39.3 Å². The first-order chi connectivity index (χ1) is 16.2. The summed E-state index contributed by atoms with van der Waals surface area (Å²) < 4.78 is 4.97. The van der Waals surface area contributed by atoms with Gasteiger partial charge in [0, 0.05) is 12.2 Å². The van der Waals surface area contributed by atoms with Gasteiger partial charge in [-0.25, -0.2) is 4.79 Å². The summed E-state index contributed by atoms with van der Waals surface area (Å²) in [5, 5.41) is 36.0. The third-order valence-electron chi connectivity index (χ3n) is 5.17. The molecule has 2 unspecified atom stereocenters. The molecular formula is C21H21N3Na2O9S. The van der Waals surface area contributed by atoms with E-state index in [1.165, 1.54) is 23.9 Å². The van der Waals surface area contributed by atoms with Gasteiger partial charge in [0.15, 0.2) is 0 Å². The van der Waals surface area contributed by atoms with E-state index in [1.54, 1.807) is 18.2 Å². The Bertz CT molecular complexity index is 1030. The summed E-state index contributed by atoms with van der Waals surface area (Å²) in [6.45, 7) is -0.531. The van der Waals surface area contributed by atoms with Crippen molar-refractivity contribution in [3.8, 4) is 5.75 Å². The van der Waals surface area contributed by atoms with Gasteiger partial charge in [-0.1, -0.05) is 18.2 Å². The fourth-order valence-corrected chi connectivity index (χ4v) is 4.86. The Morgan fingerprint density at radius 3 is 2.42 bits per heavy atom. The molecule has 1 aromatic rings. The summed E-state index contributed by atoms with van der Waals surface area (Å²) in [4.78, 5) is 60.2. The molecule has 12 nitrogen and oxygen atoms in total. The number of benzene rings is 1. The molecule has 2 heterocycles. The van der Waals surface area contributed by atoms with Crippen LogP contribution in [0.15, 0.2) is 41.6 Å². The van der Waals surface area contributed by atoms with E-state index in [4.69, 9.17) is 4.74 Å². The molecule has 15 heteroatoms. The Labute approximate surface area is 254 Å². The quantitative estimate of drug-likeness (QED) is 0.191. The Morgan fingerprint density at radius 1 is 1.17 bits per heavy atom. The van der Waals surface area contributed by atoms with Crippen molar-refractivity contribution in [1.82, 2.24) is 15.5 Å². The van der Waals surface area contributed by atoms with Crippen LogP contribution in [0.1, 0.15) is 19.3 Å². The molecule has 0 aromatic heterocycles. The number of rotatable bonds is 10. The van der Waals surface area contributed by atoms with E-state index in [-0.39, 0.29) is 101 Å². The van der Waals surface area contributed by atoms with Gasteiger partial charge >= 0.3 is 65.2 Å². The number of para-hydroxylation sites is 1. The van der Waals surface area contributed by atoms with Gasteiger partial charge in [0.1, 0.15) is 17.2 Å². The minimum atomic E-state index is -1.58. The number of hydrogen-bond donors (Lipinski definition) is 3. The van der Waals surface area contributed by atoms with Crippen LogP contribution in [0.5, 0.6) is 5.75 Å². The number of β-lactam (4-membered cyclic amide) rings is 1. The number of carboxylic acids is 2. The van der Waals surface area contributed by atoms with E-state index >= 15 is 0 Å². The number of ether oxygens (including phenoxy) is 1. The minimum Gasteiger partial charge on any atom is -0.548 e. The number of hydrogen-bond acceptors (Lipinski definition) is 10. The van der Waals surface area contributed by atoms with Crippen LogP contribution in [-0.2, 0) is 19.2 Å². The number of fused-ring (bicyclic) bond motifs is 1. The van der Waals surface area contributed by atoms with E-state index in [1.807, 2.05) is 0 Å². The molecule has 2 aliphatic heterocycles. The van der Waals surface area contributed by atoms with Gasteiger partial charge in [0.25, 0.3) is 5.91 Å². The van der Waals surface area contributed by atoms with Crippen molar-refractivity contribution >= 4 is 41.6 Å². The molecule has 3 rings (SSSR count). The summed E-state index contributed by atoms with van der Waals surface area (Å²) in [6.07, 6.45) is -1.21. The van der Waals surface area contributed by atoms with Crippen LogP contribution in [0.4, 0.5) is 4.79 Å². The SMILES string of the molecule is O=C(CCCC(NC(=O)Oc1ccccc1)C(=O)[O-])NC1C(=O)N2C(C(=O)[O-])=C(CO)CS[C@@H]12.[Na+].[Na+]. The fourth-order valence-electron chi connectivity index (χ4n) is 3.52. The second-order valence-electron chi connectivity index (χ2n) is 7.46. The first-order valence-corrected chi connectivity index (χ1v) is 11.3. The molecule has 1 saturated heterocycles. The molecule has 0 saturated carbocycles. The number of aliphatic hydroxyl groups excluding tert-OH is 1. The summed E-state index contributed by atoms with van der Waals surface area (Å²) in [5.74, 6) is -3.94. The van der Waals surface area contributed by atoms with Crippen LogP contribution in [0.25, 0.3) is 0 Å². The Balaban J connectivity index is 0.00000324. The molecule has 2 aliphatic rings. The van der Waals surface area contributed by atoms with Crippen LogP contribution in [0.2, 0.25) is 0 Å². The van der Waals surface area contributed by atoms with Crippen molar-refractivity contribution < 1.29 is 103 Å². The molecule has 0 bridgehead atoms. The summed E-state index contributed by atoms with van der Waals surface area (Å²) in [6, 6.07) is 5.66. The van der Waals surface area contributed by atoms with E-state index in [2.05, 4.69) is 10.6 Å². The first-order valence-electron chi connectivity index (χ1n) is 10.3. The van der Waals surface area contributed by atoms with Gasteiger partial charge in [-0.05, 0) is 30.5 Å². The fraction of sp³-hybridized carbons (Fsp3) is 0.381. The van der Waals surface area contributed by atoms with Crippen molar-refractivity contribution in [2.24, 2.45) is 0 Å². The van der Waals surface area contributed by atoms with Gasteiger partial charge in [0.05, 0.1) is 30.3 Å². The molecule has 0 radical (unpaired) electrons. The van der Waals surface area contributed by atoms with Crippen molar-refractivity contribution in [2.75, 3.05) is 12.4 Å². The summed E-state index contributed by atoms with van der Waals surface area (Å²) >= 11 is 1.19. The molecule has 1 aromatic carbocycles. The molecular weight excluding hydrogens is 516 g/mol. The number of carbonyl (C=O) groups excluding carboxylic acids is 5. The predicted octanol–water partition coefficient (Wildman–Crippen LogP) is -8.53. The largest absolute Gasteiger partial charge is 1.00 e. The molecule has 3 amide bonds. The zero-order valence-corrected chi connectivity index (χ0v) is 24.5. The van der Waals surface area contributed by atoms with Gasteiger partial charge < -0.3 is 40.3 Å². The normalized spacial score (nSPS) is 18.9. The van der Waals surface area contributed by atoms with Crippen LogP contribution < -0.4 is 84.7 Å². The van der Waals surface area contributed by atoms with Crippen molar-refractivity contribution in [3.63, 3.8) is 0 Å². The number of amides is 3. The van der Waals surface area contributed by atoms with Crippen molar-refractivity contribution in [1.29, 1.82) is 0 Å². The smallest absolute Gasteiger partial charge is 0.548 e. The predicted molar refractivity (Wildman–Crippen MR) is 112 cm³/mol. The second-order valence-corrected chi connectivity index (χ2v) is 8.57. The van der Waals surface area contributed by atoms with Crippen LogP contribution >= 0.6 is 11.8 Å². The van der Waals surface area contributed by atoms with Gasteiger partial charge in [-0.15, -0.1) is 11.8 Å². The maximum Gasteiger partial charge on any atom is 1.00 e. The Morgan fingerprint density at radius 2 is 1.83 bits per heavy atom. The van der Waals surface area contributed by atoms with E-state index in [0.29, 0.717) is 0 Å². The van der Waals surface area contributed by atoms with Gasteiger partial charge in [0.2, 0.25) is 5.91 Å². The number of aliphatic hydroxyl groups is 1. The zero-order valence-electron chi connectivity index (χ0n) is 19.7. The Kier molecular flexibility index (Phi) is 13.5. The maximum absolute atomic E-state index is 12.4. The van der Waals surface area contributed by atoms with Crippen molar-refractivity contribution in [2.45, 2.75) is 36.7 Å². The number of carbonyl (C=O) groups is 5. The molecule has 182 valence electrons. The average molecular weight is 537 g/mol. The molecule has 36 heavy (non-hydrogen) atoms. The number of aliphatic carboxylic acids is 2. The number of thioether (sulfide) groups is 1. The Hall–Kier alpha value is -1.58. The topological polar surface area (TPSA) is 188 Å². The van der Waals surface area contributed by atoms with Gasteiger partial charge in [-0.3, -0.25) is 14.5 Å². The summed E-state index contributed by atoms with van der Waals surface area (Å²) in [7, 11) is 0. The third-order valence-corrected chi connectivity index (χ3v) is 6.51. The monoisotopic (exact) mass is 537 g/mol. The third kappa shape index (κ3) is 7.96. The number of nitrogens with zero attached hydrogens (tertiary/aromatic N) is 1.